The highest BCUT2D eigenvalue weighted by Crippen LogP contribution is 2.25. The Morgan fingerprint density at radius 1 is 1.44 bits per heavy atom. The number of hydrogen-bond acceptors (Lipinski definition) is 3. The first-order chi connectivity index (χ1) is 8.61. The molecule has 2 rings (SSSR count). The molecule has 1 aliphatic heterocycles. The Labute approximate surface area is 108 Å². The van der Waals surface area contributed by atoms with Crippen molar-refractivity contribution in [3.05, 3.63) is 29.6 Å². The molecule has 1 heterocycles. The normalized spacial score (nSPS) is 23.3. The van der Waals surface area contributed by atoms with Crippen molar-refractivity contribution in [2.75, 3.05) is 25.6 Å². The van der Waals surface area contributed by atoms with Crippen molar-refractivity contribution >= 4 is 5.69 Å². The van der Waals surface area contributed by atoms with E-state index in [1.165, 1.54) is 0 Å². The van der Waals surface area contributed by atoms with Gasteiger partial charge in [0.1, 0.15) is 5.82 Å². The van der Waals surface area contributed by atoms with Crippen LogP contribution < -0.4 is 10.2 Å². The molecular weight excluding hydrogens is 231 g/mol. The van der Waals surface area contributed by atoms with Crippen LogP contribution in [0.3, 0.4) is 0 Å². The number of hydrogen-bond donors (Lipinski definition) is 1. The molecule has 1 aromatic carbocycles. The average Bonchev–Trinajstić information content (AvgIpc) is 2.74. The predicted molar refractivity (Wildman–Crippen MR) is 71.4 cm³/mol. The molecule has 4 heteroatoms. The van der Waals surface area contributed by atoms with Crippen molar-refractivity contribution in [2.45, 2.75) is 32.0 Å². The summed E-state index contributed by atoms with van der Waals surface area (Å²) in [5.41, 5.74) is 1.88. The van der Waals surface area contributed by atoms with Gasteiger partial charge in [-0.15, -0.1) is 0 Å². The lowest BCUT2D eigenvalue weighted by Crippen LogP contribution is -2.36. The fourth-order valence-electron chi connectivity index (χ4n) is 2.56. The molecule has 0 saturated carbocycles. The summed E-state index contributed by atoms with van der Waals surface area (Å²) in [6.07, 6.45) is 1.20. The highest BCUT2D eigenvalue weighted by molar-refractivity contribution is 5.49. The molecule has 1 aromatic rings. The first-order valence-corrected chi connectivity index (χ1v) is 6.40. The fourth-order valence-corrected chi connectivity index (χ4v) is 2.56. The third-order valence-electron chi connectivity index (χ3n) is 3.56. The third-order valence-corrected chi connectivity index (χ3v) is 3.56. The summed E-state index contributed by atoms with van der Waals surface area (Å²) in [5, 5.41) is 3.05. The van der Waals surface area contributed by atoms with E-state index in [9.17, 15) is 4.39 Å². The smallest absolute Gasteiger partial charge is 0.125 e. The Kier molecular flexibility index (Phi) is 4.19. The van der Waals surface area contributed by atoms with Crippen molar-refractivity contribution in [3.63, 3.8) is 0 Å². The molecule has 0 aliphatic carbocycles. The Morgan fingerprint density at radius 2 is 2.22 bits per heavy atom. The second-order valence-corrected chi connectivity index (χ2v) is 4.89. The van der Waals surface area contributed by atoms with Gasteiger partial charge in [-0.3, -0.25) is 0 Å². The van der Waals surface area contributed by atoms with Gasteiger partial charge in [0.05, 0.1) is 12.1 Å². The van der Waals surface area contributed by atoms with Crippen molar-refractivity contribution < 1.29 is 9.13 Å². The molecule has 0 spiro atoms. The van der Waals surface area contributed by atoms with Gasteiger partial charge < -0.3 is 15.0 Å². The van der Waals surface area contributed by atoms with Gasteiger partial charge in [-0.05, 0) is 44.2 Å². The summed E-state index contributed by atoms with van der Waals surface area (Å²) in [5.74, 6) is -0.184. The number of ether oxygens (including phenoxy) is 1. The maximum absolute atomic E-state index is 13.6. The molecule has 100 valence electrons. The number of halogens is 1. The van der Waals surface area contributed by atoms with Crippen LogP contribution in [0.25, 0.3) is 0 Å². The van der Waals surface area contributed by atoms with Gasteiger partial charge in [0.2, 0.25) is 0 Å². The molecule has 2 unspecified atom stereocenters. The van der Waals surface area contributed by atoms with Crippen LogP contribution in [0.2, 0.25) is 0 Å². The monoisotopic (exact) mass is 252 g/mol. The zero-order valence-electron chi connectivity index (χ0n) is 11.2. The van der Waals surface area contributed by atoms with E-state index in [2.05, 4.69) is 17.1 Å². The Morgan fingerprint density at radius 3 is 2.83 bits per heavy atom. The lowest BCUT2D eigenvalue weighted by Gasteiger charge is -2.29. The van der Waals surface area contributed by atoms with Crippen molar-refractivity contribution in [1.29, 1.82) is 0 Å². The average molecular weight is 252 g/mol. The van der Waals surface area contributed by atoms with E-state index in [1.54, 1.807) is 12.1 Å². The topological polar surface area (TPSA) is 24.5 Å². The van der Waals surface area contributed by atoms with Crippen LogP contribution in [-0.2, 0) is 11.3 Å². The molecule has 0 bridgehead atoms. The van der Waals surface area contributed by atoms with Gasteiger partial charge in [-0.1, -0.05) is 0 Å². The largest absolute Gasteiger partial charge is 0.376 e. The number of likely N-dealkylation sites (N-methyl/N-ethyl adjacent to an activating group) is 1. The second-order valence-electron chi connectivity index (χ2n) is 4.89. The number of nitrogens with zero attached hydrogens (tertiary/aromatic N) is 1. The van der Waals surface area contributed by atoms with E-state index >= 15 is 0 Å². The number of benzene rings is 1. The summed E-state index contributed by atoms with van der Waals surface area (Å²) < 4.78 is 19.2. The van der Waals surface area contributed by atoms with E-state index in [0.717, 1.165) is 24.3 Å². The van der Waals surface area contributed by atoms with Crippen LogP contribution in [0.4, 0.5) is 10.1 Å². The molecule has 18 heavy (non-hydrogen) atoms. The first-order valence-electron chi connectivity index (χ1n) is 6.40. The van der Waals surface area contributed by atoms with Crippen LogP contribution in [0, 0.1) is 5.82 Å². The lowest BCUT2D eigenvalue weighted by molar-refractivity contribution is 0.118. The second kappa shape index (κ2) is 5.67. The molecular formula is C14H21FN2O. The summed E-state index contributed by atoms with van der Waals surface area (Å²) in [7, 11) is 3.87. The molecule has 2 atom stereocenters. The van der Waals surface area contributed by atoms with Gasteiger partial charge >= 0.3 is 0 Å². The van der Waals surface area contributed by atoms with Crippen molar-refractivity contribution in [2.24, 2.45) is 0 Å². The van der Waals surface area contributed by atoms with E-state index in [0.29, 0.717) is 12.6 Å². The predicted octanol–water partition coefficient (Wildman–Crippen LogP) is 2.16. The van der Waals surface area contributed by atoms with E-state index in [-0.39, 0.29) is 11.9 Å². The zero-order chi connectivity index (χ0) is 13.1. The minimum atomic E-state index is -0.184. The molecule has 0 amide bonds. The Bertz CT molecular complexity index is 411. The van der Waals surface area contributed by atoms with E-state index < -0.39 is 0 Å². The number of rotatable bonds is 4. The van der Waals surface area contributed by atoms with Crippen molar-refractivity contribution in [3.8, 4) is 0 Å². The number of nitrogens with one attached hydrogen (secondary N) is 1. The minimum Gasteiger partial charge on any atom is -0.376 e. The van der Waals surface area contributed by atoms with Crippen LogP contribution in [-0.4, -0.2) is 32.8 Å². The summed E-state index contributed by atoms with van der Waals surface area (Å²) in [4.78, 5) is 2.12. The van der Waals surface area contributed by atoms with Crippen LogP contribution in [0.1, 0.15) is 18.9 Å². The lowest BCUT2D eigenvalue weighted by atomic mass is 10.1. The van der Waals surface area contributed by atoms with E-state index in [1.807, 2.05) is 20.2 Å². The molecule has 1 saturated heterocycles. The van der Waals surface area contributed by atoms with Gasteiger partial charge in [0, 0.05) is 25.9 Å². The molecule has 3 nitrogen and oxygen atoms in total. The standard InChI is InChI=1S/C14H21FN2O/c1-10-14(4-5-18-10)17(3)13-7-11(9-16-2)6-12(15)8-13/h6-8,10,14,16H,4-5,9H2,1-3H3. The maximum atomic E-state index is 13.6. The zero-order valence-corrected chi connectivity index (χ0v) is 11.2. The summed E-state index contributed by atoms with van der Waals surface area (Å²) in [6, 6.07) is 5.52. The van der Waals surface area contributed by atoms with Crippen LogP contribution in [0.15, 0.2) is 18.2 Å². The molecule has 1 aliphatic rings. The van der Waals surface area contributed by atoms with Crippen LogP contribution in [0.5, 0.6) is 0 Å². The SMILES string of the molecule is CNCc1cc(F)cc(N(C)C2CCOC2C)c1. The molecule has 1 N–H and O–H groups in total. The van der Waals surface area contributed by atoms with Gasteiger partial charge in [0.25, 0.3) is 0 Å². The van der Waals surface area contributed by atoms with Gasteiger partial charge in [-0.2, -0.15) is 0 Å². The van der Waals surface area contributed by atoms with E-state index in [4.69, 9.17) is 4.74 Å². The minimum absolute atomic E-state index is 0.184. The summed E-state index contributed by atoms with van der Waals surface area (Å²) >= 11 is 0. The van der Waals surface area contributed by atoms with Gasteiger partial charge in [0.15, 0.2) is 0 Å². The third kappa shape index (κ3) is 2.82. The molecule has 0 radical (unpaired) electrons. The highest BCUT2D eigenvalue weighted by atomic mass is 19.1. The summed E-state index contributed by atoms with van der Waals surface area (Å²) in [6.45, 7) is 3.53. The fraction of sp³-hybridized carbons (Fsp3) is 0.571. The molecule has 1 fully saturated rings. The maximum Gasteiger partial charge on any atom is 0.125 e. The quantitative estimate of drug-likeness (QED) is 0.888. The van der Waals surface area contributed by atoms with Crippen LogP contribution >= 0.6 is 0 Å². The number of anilines is 1. The molecule has 0 aromatic heterocycles. The Hall–Kier alpha value is -1.13. The highest BCUT2D eigenvalue weighted by Gasteiger charge is 2.28. The first kappa shape index (κ1) is 13.3. The van der Waals surface area contributed by atoms with Crippen molar-refractivity contribution in [1.82, 2.24) is 5.32 Å². The Balaban J connectivity index is 2.21. The van der Waals surface area contributed by atoms with Gasteiger partial charge in [-0.25, -0.2) is 4.39 Å².